The van der Waals surface area contributed by atoms with Crippen LogP contribution in [0.2, 0.25) is 0 Å². The molecule has 140 valence electrons. The van der Waals surface area contributed by atoms with Gasteiger partial charge in [0.15, 0.2) is 12.2 Å². The number of thiophene rings is 1. The highest BCUT2D eigenvalue weighted by Crippen LogP contribution is 2.24. The molecule has 0 saturated carbocycles. The Morgan fingerprint density at radius 3 is 2.96 bits per heavy atom. The number of benzene rings is 1. The second-order valence-corrected chi connectivity index (χ2v) is 7.33. The minimum absolute atomic E-state index is 0.00854. The molecule has 4 rings (SSSR count). The summed E-state index contributed by atoms with van der Waals surface area (Å²) in [6, 6.07) is 9.04. The Bertz CT molecular complexity index is 1050. The zero-order valence-corrected chi connectivity index (χ0v) is 15.4. The smallest absolute Gasteiger partial charge is 0.419 e. The predicted molar refractivity (Wildman–Crippen MR) is 99.5 cm³/mol. The molecule has 1 aliphatic rings. The molecule has 3 aromatic rings. The number of carbonyl (C=O) groups excluding carboxylic acids is 2. The van der Waals surface area contributed by atoms with Crippen molar-refractivity contribution < 1.29 is 18.7 Å². The van der Waals surface area contributed by atoms with Crippen LogP contribution in [-0.2, 0) is 33.8 Å². The highest BCUT2D eigenvalue weighted by molar-refractivity contribution is 7.10. The molecule has 1 aliphatic heterocycles. The maximum atomic E-state index is 12.3. The predicted octanol–water partition coefficient (Wildman–Crippen LogP) is 2.17. The number of rotatable bonds is 5. The summed E-state index contributed by atoms with van der Waals surface area (Å²) in [5.41, 5.74) is 2.27. The van der Waals surface area contributed by atoms with Crippen LogP contribution in [-0.4, -0.2) is 34.5 Å². The summed E-state index contributed by atoms with van der Waals surface area (Å²) in [5.74, 6) is -1.24. The van der Waals surface area contributed by atoms with E-state index in [1.807, 2.05) is 11.4 Å². The van der Waals surface area contributed by atoms with E-state index in [1.54, 1.807) is 40.5 Å². The normalized spacial score (nSPS) is 13.6. The summed E-state index contributed by atoms with van der Waals surface area (Å²) >= 11 is 1.71. The average Bonchev–Trinajstić information content (AvgIpc) is 3.27. The van der Waals surface area contributed by atoms with Gasteiger partial charge in [-0.2, -0.15) is 0 Å². The Kier molecular flexibility index (Phi) is 4.81. The summed E-state index contributed by atoms with van der Waals surface area (Å²) in [5, 5.41) is 2.03. The maximum Gasteiger partial charge on any atom is 0.419 e. The Morgan fingerprint density at radius 2 is 2.07 bits per heavy atom. The second-order valence-electron chi connectivity index (χ2n) is 6.33. The molecule has 0 radical (unpaired) electrons. The number of hydrogen-bond acceptors (Lipinski definition) is 6. The minimum atomic E-state index is -0.520. The molecule has 1 aromatic carbocycles. The fourth-order valence-corrected chi connectivity index (χ4v) is 4.09. The highest BCUT2D eigenvalue weighted by atomic mass is 32.1. The molecule has 8 heteroatoms. The zero-order chi connectivity index (χ0) is 18.8. The van der Waals surface area contributed by atoms with Crippen LogP contribution < -0.4 is 5.76 Å². The molecule has 0 bridgehead atoms. The lowest BCUT2D eigenvalue weighted by Gasteiger charge is -2.26. The highest BCUT2D eigenvalue weighted by Gasteiger charge is 2.22. The number of ether oxygens (including phenoxy) is 1. The van der Waals surface area contributed by atoms with Gasteiger partial charge in [-0.15, -0.1) is 11.3 Å². The molecule has 27 heavy (non-hydrogen) atoms. The summed E-state index contributed by atoms with van der Waals surface area (Å²) < 4.78 is 11.6. The van der Waals surface area contributed by atoms with E-state index in [2.05, 4.69) is 0 Å². The van der Waals surface area contributed by atoms with Gasteiger partial charge in [0.25, 0.3) is 5.91 Å². The number of aromatic nitrogens is 1. The number of oxazole rings is 1. The molecule has 1 amide bonds. The van der Waals surface area contributed by atoms with Crippen LogP contribution in [0.15, 0.2) is 44.9 Å². The number of fused-ring (bicyclic) bond motifs is 2. The zero-order valence-electron chi connectivity index (χ0n) is 14.6. The van der Waals surface area contributed by atoms with Gasteiger partial charge in [-0.25, -0.2) is 4.79 Å². The van der Waals surface area contributed by atoms with Crippen molar-refractivity contribution >= 4 is 34.3 Å². The van der Waals surface area contributed by atoms with Gasteiger partial charge < -0.3 is 14.1 Å². The van der Waals surface area contributed by atoms with Crippen LogP contribution in [0.5, 0.6) is 0 Å². The van der Waals surface area contributed by atoms with E-state index in [1.165, 1.54) is 9.44 Å². The molecule has 3 heterocycles. The molecule has 0 saturated heterocycles. The molecule has 0 aliphatic carbocycles. The summed E-state index contributed by atoms with van der Waals surface area (Å²) in [6.07, 6.45) is 0.828. The first-order valence-corrected chi connectivity index (χ1v) is 9.57. The van der Waals surface area contributed by atoms with Crippen molar-refractivity contribution in [2.75, 3.05) is 13.2 Å². The fraction of sp³-hybridized carbons (Fsp3) is 0.316. The molecule has 0 unspecified atom stereocenters. The SMILES string of the molecule is O=C(CCn1c(=O)oc2ccccc21)OCC(=O)N1CCc2sccc2C1. The number of amides is 1. The van der Waals surface area contributed by atoms with Crippen LogP contribution in [0.1, 0.15) is 16.9 Å². The van der Waals surface area contributed by atoms with E-state index < -0.39 is 11.7 Å². The van der Waals surface area contributed by atoms with E-state index in [0.717, 1.165) is 12.0 Å². The van der Waals surface area contributed by atoms with Gasteiger partial charge in [0.2, 0.25) is 0 Å². The minimum Gasteiger partial charge on any atom is -0.456 e. The lowest BCUT2D eigenvalue weighted by atomic mass is 10.1. The number of carbonyl (C=O) groups is 2. The van der Waals surface area contributed by atoms with Gasteiger partial charge in [-0.05, 0) is 35.6 Å². The number of nitrogens with zero attached hydrogens (tertiary/aromatic N) is 2. The van der Waals surface area contributed by atoms with Crippen LogP contribution in [0, 0.1) is 0 Å². The Labute approximate surface area is 158 Å². The topological polar surface area (TPSA) is 81.7 Å². The van der Waals surface area contributed by atoms with Crippen molar-refractivity contribution in [3.63, 3.8) is 0 Å². The quantitative estimate of drug-likeness (QED) is 0.628. The van der Waals surface area contributed by atoms with E-state index in [-0.39, 0.29) is 25.5 Å². The average molecular weight is 386 g/mol. The number of para-hydroxylation sites is 2. The second kappa shape index (κ2) is 7.40. The third-order valence-corrected chi connectivity index (χ3v) is 5.65. The Balaban J connectivity index is 1.29. The molecule has 0 spiro atoms. The molecular weight excluding hydrogens is 368 g/mol. The molecule has 2 aromatic heterocycles. The molecule has 0 fully saturated rings. The first-order chi connectivity index (χ1) is 13.1. The summed E-state index contributed by atoms with van der Waals surface area (Å²) in [7, 11) is 0. The van der Waals surface area contributed by atoms with Gasteiger partial charge in [-0.1, -0.05) is 12.1 Å². The lowest BCUT2D eigenvalue weighted by Crippen LogP contribution is -2.38. The number of esters is 1. The van der Waals surface area contributed by atoms with Crippen LogP contribution in [0.3, 0.4) is 0 Å². The first-order valence-electron chi connectivity index (χ1n) is 8.69. The van der Waals surface area contributed by atoms with Gasteiger partial charge in [-0.3, -0.25) is 14.2 Å². The van der Waals surface area contributed by atoms with E-state index in [0.29, 0.717) is 24.2 Å². The first kappa shape index (κ1) is 17.5. The summed E-state index contributed by atoms with van der Waals surface area (Å²) in [6.45, 7) is 1.07. The van der Waals surface area contributed by atoms with E-state index >= 15 is 0 Å². The van der Waals surface area contributed by atoms with Crippen LogP contribution in [0.25, 0.3) is 11.1 Å². The Hall–Kier alpha value is -2.87. The molecule has 0 N–H and O–H groups in total. The van der Waals surface area contributed by atoms with Crippen molar-refractivity contribution in [3.05, 3.63) is 56.7 Å². The van der Waals surface area contributed by atoms with Crippen molar-refractivity contribution in [1.29, 1.82) is 0 Å². The third kappa shape index (κ3) is 3.66. The van der Waals surface area contributed by atoms with Gasteiger partial charge >= 0.3 is 11.7 Å². The molecule has 0 atom stereocenters. The van der Waals surface area contributed by atoms with Crippen molar-refractivity contribution in [2.24, 2.45) is 0 Å². The monoisotopic (exact) mass is 386 g/mol. The van der Waals surface area contributed by atoms with Gasteiger partial charge in [0.1, 0.15) is 0 Å². The van der Waals surface area contributed by atoms with Crippen LogP contribution >= 0.6 is 11.3 Å². The number of hydrogen-bond donors (Lipinski definition) is 0. The lowest BCUT2D eigenvalue weighted by molar-refractivity contribution is -0.152. The maximum absolute atomic E-state index is 12.3. The van der Waals surface area contributed by atoms with E-state index in [9.17, 15) is 14.4 Å². The van der Waals surface area contributed by atoms with Crippen molar-refractivity contribution in [3.8, 4) is 0 Å². The largest absolute Gasteiger partial charge is 0.456 e. The van der Waals surface area contributed by atoms with Gasteiger partial charge in [0.05, 0.1) is 11.9 Å². The van der Waals surface area contributed by atoms with Crippen molar-refractivity contribution in [2.45, 2.75) is 25.9 Å². The summed E-state index contributed by atoms with van der Waals surface area (Å²) in [4.78, 5) is 39.2. The fourth-order valence-electron chi connectivity index (χ4n) is 3.20. The number of aryl methyl sites for hydroxylation is 1. The van der Waals surface area contributed by atoms with Gasteiger partial charge in [0, 0.05) is 24.5 Å². The Morgan fingerprint density at radius 1 is 1.22 bits per heavy atom. The standard InChI is InChI=1S/C19H18N2O5S/c22-17(20-8-5-16-13(11-20)7-10-27-16)12-25-18(23)6-9-21-14-3-1-2-4-15(14)26-19(21)24/h1-4,7,10H,5-6,8-9,11-12H2. The van der Waals surface area contributed by atoms with Crippen LogP contribution in [0.4, 0.5) is 0 Å². The molecule has 7 nitrogen and oxygen atoms in total. The molecular formula is C19H18N2O5S. The van der Waals surface area contributed by atoms with Crippen molar-refractivity contribution in [1.82, 2.24) is 9.47 Å². The third-order valence-electron chi connectivity index (χ3n) is 4.63. The van der Waals surface area contributed by atoms with E-state index in [4.69, 9.17) is 9.15 Å².